The number of halogens is 2. The molecular formula is C24H21F2N3O. The van der Waals surface area contributed by atoms with E-state index < -0.39 is 5.92 Å². The minimum absolute atomic E-state index is 0.0560. The Labute approximate surface area is 174 Å². The average molecular weight is 405 g/mol. The monoisotopic (exact) mass is 405 g/mol. The van der Waals surface area contributed by atoms with Gasteiger partial charge in [-0.05, 0) is 53.6 Å². The van der Waals surface area contributed by atoms with Crippen molar-refractivity contribution in [1.82, 2.24) is 4.90 Å². The van der Waals surface area contributed by atoms with E-state index in [9.17, 15) is 14.0 Å². The molecule has 2 N–H and O–H groups in total. The quantitative estimate of drug-likeness (QED) is 0.820. The number of hydrogen-bond donors (Lipinski definition) is 1. The molecule has 0 amide bonds. The van der Waals surface area contributed by atoms with E-state index in [-0.39, 0.29) is 17.5 Å². The van der Waals surface area contributed by atoms with Gasteiger partial charge in [-0.2, -0.15) is 5.26 Å². The Morgan fingerprint density at radius 1 is 1.10 bits per heavy atom. The van der Waals surface area contributed by atoms with Gasteiger partial charge in [0.25, 0.3) is 0 Å². The molecule has 0 aromatic heterocycles. The van der Waals surface area contributed by atoms with Crippen LogP contribution < -0.4 is 5.73 Å². The maximum Gasteiger partial charge on any atom is 0.205 e. The molecule has 4 nitrogen and oxygen atoms in total. The molecule has 4 rings (SSSR count). The van der Waals surface area contributed by atoms with Gasteiger partial charge in [0, 0.05) is 18.7 Å². The van der Waals surface area contributed by atoms with Crippen LogP contribution in [0.4, 0.5) is 8.78 Å². The van der Waals surface area contributed by atoms with Crippen molar-refractivity contribution in [3.05, 3.63) is 99.7 Å². The number of allylic oxidation sites excluding steroid dienone is 1. The highest BCUT2D eigenvalue weighted by Gasteiger charge is 2.37. The predicted octanol–water partition coefficient (Wildman–Crippen LogP) is 4.45. The summed E-state index contributed by atoms with van der Waals surface area (Å²) in [5, 5.41) is 9.76. The van der Waals surface area contributed by atoms with E-state index in [2.05, 4.69) is 17.9 Å². The second-order valence-corrected chi connectivity index (χ2v) is 7.36. The largest absolute Gasteiger partial charge is 0.440 e. The molecule has 0 saturated carbocycles. The summed E-state index contributed by atoms with van der Waals surface area (Å²) in [6.45, 7) is 4.10. The number of likely N-dealkylation sites (N-methyl/N-ethyl adjacent to an activating group) is 1. The van der Waals surface area contributed by atoms with E-state index in [0.717, 1.165) is 28.8 Å². The van der Waals surface area contributed by atoms with Crippen molar-refractivity contribution in [2.75, 3.05) is 19.6 Å². The van der Waals surface area contributed by atoms with Crippen LogP contribution in [-0.2, 0) is 4.74 Å². The lowest BCUT2D eigenvalue weighted by molar-refractivity contribution is 0.239. The molecule has 0 unspecified atom stereocenters. The SMILES string of the molecule is CCN1CC2=C(OC(N)=C(C#N)[C@@H]2c2ccc(F)cc2)/C(=C/c2ccc(F)cc2)C1. The first kappa shape index (κ1) is 19.9. The van der Waals surface area contributed by atoms with Crippen LogP contribution in [0.2, 0.25) is 0 Å². The number of nitrogens with zero attached hydrogens (tertiary/aromatic N) is 2. The molecule has 0 saturated heterocycles. The molecule has 0 fully saturated rings. The highest BCUT2D eigenvalue weighted by molar-refractivity contribution is 5.63. The topological polar surface area (TPSA) is 62.3 Å². The molecule has 2 aliphatic rings. The summed E-state index contributed by atoms with van der Waals surface area (Å²) >= 11 is 0. The molecular weight excluding hydrogens is 384 g/mol. The first-order chi connectivity index (χ1) is 14.5. The number of benzene rings is 2. The molecule has 6 heteroatoms. The number of rotatable bonds is 3. The van der Waals surface area contributed by atoms with Crippen LogP contribution in [0.3, 0.4) is 0 Å². The smallest absolute Gasteiger partial charge is 0.205 e. The zero-order valence-electron chi connectivity index (χ0n) is 16.5. The Morgan fingerprint density at radius 2 is 1.73 bits per heavy atom. The van der Waals surface area contributed by atoms with E-state index in [4.69, 9.17) is 10.5 Å². The summed E-state index contributed by atoms with van der Waals surface area (Å²) in [6.07, 6.45) is 1.95. The molecule has 2 heterocycles. The maximum absolute atomic E-state index is 13.5. The average Bonchev–Trinajstić information content (AvgIpc) is 2.75. The van der Waals surface area contributed by atoms with E-state index >= 15 is 0 Å². The number of hydrogen-bond acceptors (Lipinski definition) is 4. The van der Waals surface area contributed by atoms with Gasteiger partial charge in [0.05, 0.1) is 5.92 Å². The van der Waals surface area contributed by atoms with Crippen LogP contribution in [0.15, 0.2) is 76.9 Å². The van der Waals surface area contributed by atoms with Crippen molar-refractivity contribution < 1.29 is 13.5 Å². The third-order valence-electron chi connectivity index (χ3n) is 5.47. The fourth-order valence-electron chi connectivity index (χ4n) is 3.96. The summed E-state index contributed by atoms with van der Waals surface area (Å²) in [4.78, 5) is 2.23. The minimum Gasteiger partial charge on any atom is -0.440 e. The normalized spacial score (nSPS) is 20.7. The lowest BCUT2D eigenvalue weighted by atomic mass is 9.80. The van der Waals surface area contributed by atoms with E-state index in [0.29, 0.717) is 24.4 Å². The van der Waals surface area contributed by atoms with Crippen molar-refractivity contribution in [1.29, 1.82) is 5.26 Å². The van der Waals surface area contributed by atoms with E-state index in [1.807, 2.05) is 6.08 Å². The highest BCUT2D eigenvalue weighted by atomic mass is 19.1. The molecule has 0 spiro atoms. The Kier molecular flexibility index (Phi) is 5.39. The molecule has 1 atom stereocenters. The van der Waals surface area contributed by atoms with Crippen LogP contribution in [0, 0.1) is 23.0 Å². The van der Waals surface area contributed by atoms with Crippen LogP contribution in [0.25, 0.3) is 6.08 Å². The van der Waals surface area contributed by atoms with Gasteiger partial charge in [0.15, 0.2) is 0 Å². The maximum atomic E-state index is 13.5. The third-order valence-corrected chi connectivity index (χ3v) is 5.47. The Hall–Kier alpha value is -3.43. The second-order valence-electron chi connectivity index (χ2n) is 7.36. The van der Waals surface area contributed by atoms with Crippen LogP contribution in [0.5, 0.6) is 0 Å². The molecule has 0 aliphatic carbocycles. The summed E-state index contributed by atoms with van der Waals surface area (Å²) in [5.41, 5.74) is 9.89. The second kappa shape index (κ2) is 8.13. The fraction of sp³-hybridized carbons (Fsp3) is 0.208. The Balaban J connectivity index is 1.86. The standard InChI is InChI=1S/C24H21F2N3O/c1-2-29-13-17(11-15-3-7-18(25)8-4-15)23-21(14-29)22(20(12-27)24(28)30-23)16-5-9-19(26)10-6-16/h3-11,22H,2,13-14,28H2,1H3/b17-11+/t22-/m0/s1. The molecule has 0 radical (unpaired) electrons. The van der Waals surface area contributed by atoms with Crippen molar-refractivity contribution in [2.45, 2.75) is 12.8 Å². The molecule has 2 aromatic rings. The Bertz CT molecular complexity index is 1090. The molecule has 2 aliphatic heterocycles. The van der Waals surface area contributed by atoms with Gasteiger partial charge in [-0.3, -0.25) is 4.90 Å². The lowest BCUT2D eigenvalue weighted by Crippen LogP contribution is -2.38. The first-order valence-electron chi connectivity index (χ1n) is 9.75. The van der Waals surface area contributed by atoms with Gasteiger partial charge in [-0.1, -0.05) is 31.2 Å². The molecule has 152 valence electrons. The van der Waals surface area contributed by atoms with Gasteiger partial charge < -0.3 is 10.5 Å². The van der Waals surface area contributed by atoms with E-state index in [1.54, 1.807) is 24.3 Å². The van der Waals surface area contributed by atoms with Crippen molar-refractivity contribution in [2.24, 2.45) is 5.73 Å². The van der Waals surface area contributed by atoms with Crippen molar-refractivity contribution in [3.63, 3.8) is 0 Å². The van der Waals surface area contributed by atoms with Crippen LogP contribution in [-0.4, -0.2) is 24.5 Å². The molecule has 0 bridgehead atoms. The van der Waals surface area contributed by atoms with Gasteiger partial charge in [0.1, 0.15) is 29.0 Å². The number of nitriles is 1. The summed E-state index contributed by atoms with van der Waals surface area (Å²) < 4.78 is 32.8. The lowest BCUT2D eigenvalue weighted by Gasteiger charge is -2.38. The molecule has 30 heavy (non-hydrogen) atoms. The van der Waals surface area contributed by atoms with Gasteiger partial charge in [-0.25, -0.2) is 8.78 Å². The first-order valence-corrected chi connectivity index (χ1v) is 9.75. The van der Waals surface area contributed by atoms with Crippen molar-refractivity contribution >= 4 is 6.08 Å². The van der Waals surface area contributed by atoms with Gasteiger partial charge >= 0.3 is 0 Å². The van der Waals surface area contributed by atoms with Crippen LogP contribution in [0.1, 0.15) is 24.0 Å². The fourth-order valence-corrected chi connectivity index (χ4v) is 3.96. The third kappa shape index (κ3) is 3.72. The highest BCUT2D eigenvalue weighted by Crippen LogP contribution is 2.43. The number of ether oxygens (including phenoxy) is 1. The van der Waals surface area contributed by atoms with Crippen LogP contribution >= 0.6 is 0 Å². The summed E-state index contributed by atoms with van der Waals surface area (Å²) in [6, 6.07) is 14.5. The molecule has 2 aromatic carbocycles. The zero-order chi connectivity index (χ0) is 21.3. The summed E-state index contributed by atoms with van der Waals surface area (Å²) in [5.74, 6) is -0.362. The Morgan fingerprint density at radius 3 is 2.33 bits per heavy atom. The minimum atomic E-state index is -0.412. The van der Waals surface area contributed by atoms with Gasteiger partial charge in [0.2, 0.25) is 5.88 Å². The van der Waals surface area contributed by atoms with Crippen molar-refractivity contribution in [3.8, 4) is 6.07 Å². The predicted molar refractivity (Wildman–Crippen MR) is 111 cm³/mol. The summed E-state index contributed by atoms with van der Waals surface area (Å²) in [7, 11) is 0. The zero-order valence-corrected chi connectivity index (χ0v) is 16.5. The van der Waals surface area contributed by atoms with Gasteiger partial charge in [-0.15, -0.1) is 0 Å². The number of nitrogens with two attached hydrogens (primary N) is 1. The van der Waals surface area contributed by atoms with E-state index in [1.165, 1.54) is 24.3 Å².